The molecule has 0 fully saturated rings. The standard InChI is InChI=1S/C18H21NOS/c1-3-19-18-15-9-4-5-10-16(15)20-12-17(18)21-14-8-6-7-13(2)11-14/h4-11,17-19H,3,12H2,1-2H3. The lowest BCUT2D eigenvalue weighted by atomic mass is 10.0. The van der Waals surface area contributed by atoms with Crippen LogP contribution in [0.25, 0.3) is 0 Å². The minimum atomic E-state index is 0.338. The van der Waals surface area contributed by atoms with Crippen LogP contribution >= 0.6 is 11.8 Å². The summed E-state index contributed by atoms with van der Waals surface area (Å²) in [5.41, 5.74) is 2.58. The lowest BCUT2D eigenvalue weighted by Gasteiger charge is -2.33. The number of fused-ring (bicyclic) bond motifs is 1. The van der Waals surface area contributed by atoms with Crippen molar-refractivity contribution in [2.24, 2.45) is 0 Å². The number of para-hydroxylation sites is 1. The first-order valence-electron chi connectivity index (χ1n) is 7.46. The number of hydrogen-bond acceptors (Lipinski definition) is 3. The van der Waals surface area contributed by atoms with Gasteiger partial charge in [-0.2, -0.15) is 0 Å². The van der Waals surface area contributed by atoms with Gasteiger partial charge in [0.05, 0.1) is 11.3 Å². The van der Waals surface area contributed by atoms with Gasteiger partial charge in [-0.25, -0.2) is 0 Å². The third kappa shape index (κ3) is 3.25. The Morgan fingerprint density at radius 1 is 1.19 bits per heavy atom. The van der Waals surface area contributed by atoms with Crippen molar-refractivity contribution < 1.29 is 4.74 Å². The second-order valence-electron chi connectivity index (χ2n) is 5.36. The van der Waals surface area contributed by atoms with E-state index in [4.69, 9.17) is 4.74 Å². The van der Waals surface area contributed by atoms with Gasteiger partial charge in [-0.15, -0.1) is 11.8 Å². The highest BCUT2D eigenvalue weighted by Gasteiger charge is 2.30. The monoisotopic (exact) mass is 299 g/mol. The fourth-order valence-corrected chi connectivity index (χ4v) is 4.04. The molecular formula is C18H21NOS. The summed E-state index contributed by atoms with van der Waals surface area (Å²) in [6, 6.07) is 17.4. The quantitative estimate of drug-likeness (QED) is 0.914. The maximum atomic E-state index is 5.95. The molecule has 0 amide bonds. The zero-order valence-corrected chi connectivity index (χ0v) is 13.3. The molecule has 2 aromatic rings. The molecule has 110 valence electrons. The lowest BCUT2D eigenvalue weighted by Crippen LogP contribution is -2.37. The molecule has 0 aromatic heterocycles. The van der Waals surface area contributed by atoms with Gasteiger partial charge in [0.15, 0.2) is 0 Å². The van der Waals surface area contributed by atoms with Crippen LogP contribution in [0.3, 0.4) is 0 Å². The molecule has 0 saturated carbocycles. The summed E-state index contributed by atoms with van der Waals surface area (Å²) in [4.78, 5) is 1.31. The minimum Gasteiger partial charge on any atom is -0.492 e. The van der Waals surface area contributed by atoms with Gasteiger partial charge in [0, 0.05) is 10.5 Å². The molecule has 1 N–H and O–H groups in total. The van der Waals surface area contributed by atoms with Crippen LogP contribution in [-0.2, 0) is 0 Å². The molecule has 1 heterocycles. The van der Waals surface area contributed by atoms with Crippen molar-refractivity contribution in [2.75, 3.05) is 13.2 Å². The first-order chi connectivity index (χ1) is 10.3. The largest absolute Gasteiger partial charge is 0.492 e. The van der Waals surface area contributed by atoms with Gasteiger partial charge in [0.1, 0.15) is 12.4 Å². The van der Waals surface area contributed by atoms with Crippen LogP contribution in [0, 0.1) is 6.92 Å². The number of ether oxygens (including phenoxy) is 1. The van der Waals surface area contributed by atoms with E-state index in [1.165, 1.54) is 16.0 Å². The smallest absolute Gasteiger partial charge is 0.124 e. The maximum absolute atomic E-state index is 5.95. The van der Waals surface area contributed by atoms with E-state index in [9.17, 15) is 0 Å². The van der Waals surface area contributed by atoms with Gasteiger partial charge < -0.3 is 10.1 Å². The maximum Gasteiger partial charge on any atom is 0.124 e. The van der Waals surface area contributed by atoms with Crippen LogP contribution in [0.15, 0.2) is 53.4 Å². The van der Waals surface area contributed by atoms with Crippen molar-refractivity contribution in [1.82, 2.24) is 5.32 Å². The average molecular weight is 299 g/mol. The predicted molar refractivity (Wildman–Crippen MR) is 89.2 cm³/mol. The molecule has 21 heavy (non-hydrogen) atoms. The molecule has 2 unspecified atom stereocenters. The van der Waals surface area contributed by atoms with Gasteiger partial charge in [0.2, 0.25) is 0 Å². The zero-order valence-electron chi connectivity index (χ0n) is 12.5. The van der Waals surface area contributed by atoms with Gasteiger partial charge in [-0.05, 0) is 31.7 Å². The van der Waals surface area contributed by atoms with Crippen LogP contribution in [0.2, 0.25) is 0 Å². The van der Waals surface area contributed by atoms with E-state index in [-0.39, 0.29) is 0 Å². The third-order valence-electron chi connectivity index (χ3n) is 3.73. The van der Waals surface area contributed by atoms with E-state index >= 15 is 0 Å². The topological polar surface area (TPSA) is 21.3 Å². The zero-order chi connectivity index (χ0) is 14.7. The fourth-order valence-electron chi connectivity index (χ4n) is 2.76. The first-order valence-corrected chi connectivity index (χ1v) is 8.34. The molecule has 3 heteroatoms. The van der Waals surface area contributed by atoms with Crippen molar-refractivity contribution in [1.29, 1.82) is 0 Å². The second-order valence-corrected chi connectivity index (χ2v) is 6.67. The summed E-state index contributed by atoms with van der Waals surface area (Å²) in [6.07, 6.45) is 0. The van der Waals surface area contributed by atoms with Gasteiger partial charge in [0.25, 0.3) is 0 Å². The van der Waals surface area contributed by atoms with E-state index in [2.05, 4.69) is 61.6 Å². The molecule has 0 bridgehead atoms. The van der Waals surface area contributed by atoms with Crippen LogP contribution in [-0.4, -0.2) is 18.4 Å². The average Bonchev–Trinajstić information content (AvgIpc) is 2.50. The summed E-state index contributed by atoms with van der Waals surface area (Å²) in [6.45, 7) is 6.00. The molecule has 2 atom stereocenters. The predicted octanol–water partition coefficient (Wildman–Crippen LogP) is 4.20. The highest BCUT2D eigenvalue weighted by atomic mass is 32.2. The highest BCUT2D eigenvalue weighted by molar-refractivity contribution is 8.00. The van der Waals surface area contributed by atoms with E-state index in [1.807, 2.05) is 17.8 Å². The summed E-state index contributed by atoms with van der Waals surface area (Å²) in [5, 5.41) is 4.02. The molecule has 0 radical (unpaired) electrons. The van der Waals surface area contributed by atoms with Crippen LogP contribution in [0.5, 0.6) is 5.75 Å². The minimum absolute atomic E-state index is 0.338. The number of benzene rings is 2. The molecule has 2 nitrogen and oxygen atoms in total. The Morgan fingerprint density at radius 3 is 2.86 bits per heavy atom. The SMILES string of the molecule is CCNC1c2ccccc2OCC1Sc1cccc(C)c1. The van der Waals surface area contributed by atoms with Crippen LogP contribution < -0.4 is 10.1 Å². The summed E-state index contributed by atoms with van der Waals surface area (Å²) >= 11 is 1.90. The summed E-state index contributed by atoms with van der Waals surface area (Å²) in [7, 11) is 0. The van der Waals surface area contributed by atoms with Gasteiger partial charge in [-0.3, -0.25) is 0 Å². The first kappa shape index (κ1) is 14.5. The number of hydrogen-bond donors (Lipinski definition) is 1. The Labute approximate surface area is 130 Å². The van der Waals surface area contributed by atoms with E-state index in [0.29, 0.717) is 11.3 Å². The molecule has 0 saturated heterocycles. The van der Waals surface area contributed by atoms with Gasteiger partial charge in [-0.1, -0.05) is 42.8 Å². The Hall–Kier alpha value is -1.45. The molecule has 1 aliphatic rings. The van der Waals surface area contributed by atoms with Crippen LogP contribution in [0.4, 0.5) is 0 Å². The Balaban J connectivity index is 1.85. The normalized spacial score (nSPS) is 20.7. The van der Waals surface area contributed by atoms with Gasteiger partial charge >= 0.3 is 0 Å². The lowest BCUT2D eigenvalue weighted by molar-refractivity contribution is 0.261. The summed E-state index contributed by atoms with van der Waals surface area (Å²) < 4.78 is 5.95. The van der Waals surface area contributed by atoms with E-state index in [1.54, 1.807) is 0 Å². The molecule has 0 aliphatic carbocycles. The number of rotatable bonds is 4. The Morgan fingerprint density at radius 2 is 2.05 bits per heavy atom. The Kier molecular flexibility index (Phi) is 4.51. The van der Waals surface area contributed by atoms with Crippen molar-refractivity contribution >= 4 is 11.8 Å². The van der Waals surface area contributed by atoms with E-state index < -0.39 is 0 Å². The third-order valence-corrected chi connectivity index (χ3v) is 4.97. The highest BCUT2D eigenvalue weighted by Crippen LogP contribution is 2.39. The summed E-state index contributed by atoms with van der Waals surface area (Å²) in [5.74, 6) is 1.02. The molecular weight excluding hydrogens is 278 g/mol. The van der Waals surface area contributed by atoms with Crippen molar-refractivity contribution in [3.63, 3.8) is 0 Å². The second kappa shape index (κ2) is 6.54. The Bertz CT molecular complexity index is 614. The molecule has 2 aromatic carbocycles. The fraction of sp³-hybridized carbons (Fsp3) is 0.333. The van der Waals surface area contributed by atoms with Crippen molar-refractivity contribution in [3.05, 3.63) is 59.7 Å². The van der Waals surface area contributed by atoms with Crippen LogP contribution in [0.1, 0.15) is 24.1 Å². The molecule has 1 aliphatic heterocycles. The van der Waals surface area contributed by atoms with Crippen molar-refractivity contribution in [3.8, 4) is 5.75 Å². The number of nitrogens with one attached hydrogen (secondary N) is 1. The van der Waals surface area contributed by atoms with Crippen molar-refractivity contribution in [2.45, 2.75) is 30.0 Å². The molecule has 0 spiro atoms. The van der Waals surface area contributed by atoms with E-state index in [0.717, 1.165) is 18.9 Å². The molecule has 3 rings (SSSR count). The number of aryl methyl sites for hydroxylation is 1. The number of thioether (sulfide) groups is 1.